The van der Waals surface area contributed by atoms with Crippen LogP contribution in [-0.2, 0) is 56.1 Å². The van der Waals surface area contributed by atoms with Gasteiger partial charge in [0.05, 0.1) is 46.1 Å². The zero-order valence-corrected chi connectivity index (χ0v) is 48.3. The summed E-state index contributed by atoms with van der Waals surface area (Å²) < 4.78 is 78.8. The Morgan fingerprint density at radius 3 is 1.45 bits per heavy atom. The molecule has 4 fully saturated rings. The van der Waals surface area contributed by atoms with Gasteiger partial charge in [0.2, 0.25) is 5.91 Å². The van der Waals surface area contributed by atoms with Crippen LogP contribution in [0.3, 0.4) is 0 Å². The molecule has 14 nitrogen and oxygen atoms in total. The number of alkyl carbamates (subject to hydrolysis) is 1. The van der Waals surface area contributed by atoms with Crippen molar-refractivity contribution in [2.75, 3.05) is 13.1 Å². The number of hydrogen-bond acceptors (Lipinski definition) is 12. The van der Waals surface area contributed by atoms with Crippen molar-refractivity contribution in [2.24, 2.45) is 0 Å². The second-order valence-corrected chi connectivity index (χ2v) is 23.1. The van der Waals surface area contributed by atoms with E-state index < -0.39 is 50.7 Å². The normalized spacial score (nSPS) is 20.5. The predicted octanol–water partition coefficient (Wildman–Crippen LogP) is 5.61. The number of likely N-dealkylation sites (tertiary alicyclic amines) is 1. The molecule has 23 heteroatoms. The number of nitrogens with zero attached hydrogens (tertiary/aromatic N) is 1. The van der Waals surface area contributed by atoms with Gasteiger partial charge in [0.15, 0.2) is 0 Å². The van der Waals surface area contributed by atoms with Crippen molar-refractivity contribution in [3.05, 3.63) is 120 Å². The molecular formula is C53H79B4ClF3LiN2O12. The maximum absolute atomic E-state index is 12.9. The third-order valence-electron chi connectivity index (χ3n) is 13.6. The largest absolute Gasteiger partial charge is 1.00 e. The number of hydrogen-bond donors (Lipinski definition) is 3. The average molecular weight is 1080 g/mol. The first-order chi connectivity index (χ1) is 34.4. The summed E-state index contributed by atoms with van der Waals surface area (Å²) >= 11 is 5.46. The van der Waals surface area contributed by atoms with E-state index in [1.807, 2.05) is 83.1 Å². The SMILES string of the molecule is C=CC(=O)N1CCC[C@H](OC(=O)N[C@@H](Cc2ccc(F)cc2)B(O)O)C1.CC(C)(C)[O-].CC1(C)OB(B2OC(C)(C)C(C)(C)O2)OC1(C)C.CC1(C)OB(Cc2ccc(F)cc2)OC1(C)C.Fc1ccc(CCl)cc1.[Li+]. The van der Waals surface area contributed by atoms with Gasteiger partial charge in [-0.3, -0.25) is 4.79 Å². The molecule has 3 N–H and O–H groups in total. The Kier molecular flexibility index (Phi) is 26.0. The number of amides is 2. The molecule has 414 valence electrons. The molecule has 4 aliphatic rings. The first kappa shape index (κ1) is 68.8. The van der Waals surface area contributed by atoms with Crippen molar-refractivity contribution in [3.63, 3.8) is 0 Å². The van der Waals surface area contributed by atoms with Gasteiger partial charge in [-0.15, -0.1) is 17.2 Å². The van der Waals surface area contributed by atoms with Gasteiger partial charge in [0, 0.05) is 18.7 Å². The van der Waals surface area contributed by atoms with Crippen LogP contribution < -0.4 is 29.3 Å². The fourth-order valence-corrected chi connectivity index (χ4v) is 7.42. The molecule has 0 aromatic heterocycles. The number of nitrogens with one attached hydrogen (secondary N) is 1. The van der Waals surface area contributed by atoms with Crippen LogP contribution in [0.5, 0.6) is 0 Å². The van der Waals surface area contributed by atoms with Crippen LogP contribution in [0.2, 0.25) is 0 Å². The van der Waals surface area contributed by atoms with Gasteiger partial charge < -0.3 is 58.0 Å². The summed E-state index contributed by atoms with van der Waals surface area (Å²) in [5, 5.41) is 31.5. The number of alkyl halides is 1. The first-order valence-corrected chi connectivity index (χ1v) is 25.7. The van der Waals surface area contributed by atoms with Crippen molar-refractivity contribution >= 4 is 51.9 Å². The van der Waals surface area contributed by atoms with Gasteiger partial charge in [-0.05, 0) is 162 Å². The summed E-state index contributed by atoms with van der Waals surface area (Å²) in [6.07, 6.45) is 1.98. The first-order valence-electron chi connectivity index (χ1n) is 25.2. The molecule has 0 bridgehead atoms. The number of piperidine rings is 1. The number of carbonyl (C=O) groups excluding carboxylic acids is 2. The molecule has 76 heavy (non-hydrogen) atoms. The van der Waals surface area contributed by atoms with Gasteiger partial charge in [0.25, 0.3) is 0 Å². The van der Waals surface area contributed by atoms with Crippen molar-refractivity contribution in [3.8, 4) is 0 Å². The van der Waals surface area contributed by atoms with E-state index in [1.165, 1.54) is 54.6 Å². The summed E-state index contributed by atoms with van der Waals surface area (Å²) in [4.78, 5) is 25.3. The zero-order chi connectivity index (χ0) is 57.0. The Bertz CT molecular complexity index is 2190. The van der Waals surface area contributed by atoms with E-state index in [0.717, 1.165) is 11.1 Å². The molecule has 4 heterocycles. The van der Waals surface area contributed by atoms with E-state index in [2.05, 4.69) is 11.9 Å². The monoisotopic (exact) mass is 1080 g/mol. The molecule has 4 aliphatic heterocycles. The summed E-state index contributed by atoms with van der Waals surface area (Å²) in [7, 11) is -3.02. The zero-order valence-electron chi connectivity index (χ0n) is 47.6. The van der Waals surface area contributed by atoms with E-state index in [0.29, 0.717) is 37.2 Å². The fraction of sp³-hybridized carbons (Fsp3) is 0.585. The molecule has 0 saturated carbocycles. The second kappa shape index (κ2) is 28.7. The minimum atomic E-state index is -1.81. The summed E-state index contributed by atoms with van der Waals surface area (Å²) in [6, 6.07) is 18.1. The molecule has 0 radical (unpaired) electrons. The van der Waals surface area contributed by atoms with Crippen LogP contribution in [0.15, 0.2) is 85.5 Å². The Morgan fingerprint density at radius 2 is 1.09 bits per heavy atom. The van der Waals surface area contributed by atoms with Crippen molar-refractivity contribution < 1.29 is 89.4 Å². The van der Waals surface area contributed by atoms with Crippen LogP contribution in [0.25, 0.3) is 0 Å². The number of benzene rings is 3. The molecule has 0 spiro atoms. The molecule has 7 rings (SSSR count). The van der Waals surface area contributed by atoms with Crippen LogP contribution in [0.1, 0.15) is 133 Å². The maximum atomic E-state index is 12.9. The standard InChI is InChI=1S/C17H22BFN2O5.C13H18BFO2.C12H24B2O4.C7H6ClF.C4H9O.Li/c1-2-16(22)21-9-3-4-14(11-21)26-17(23)20-15(18(24)25)10-12-5-7-13(19)8-6-12;1-12(2)13(3,4)17-14(16-12)9-10-5-7-11(15)8-6-10;1-9(2)10(3,4)16-13(15-9)14-17-11(5,6)12(7,8)18-14;8-5-6-1-3-7(9)4-2-6;1-4(2,3)5;/h2,5-8,14-15,24-25H,1,3-4,9-11H2,(H,20,23);5-8H,9H2,1-4H3;1-8H3;1-4H,5H2;1-3H3;/q;;;;-1;+1/t14-,15-;;;;;/m0...../s1. The van der Waals surface area contributed by atoms with Gasteiger partial charge in [-0.2, -0.15) is 0 Å². The molecule has 4 saturated heterocycles. The summed E-state index contributed by atoms with van der Waals surface area (Å²) in [5.41, 5.74) is -0.214. The number of ether oxygens (including phenoxy) is 1. The second-order valence-electron chi connectivity index (χ2n) is 22.8. The molecule has 2 amide bonds. The molecule has 0 aliphatic carbocycles. The van der Waals surface area contributed by atoms with Gasteiger partial charge >= 0.3 is 53.2 Å². The smallest absolute Gasteiger partial charge is 0.850 e. The van der Waals surface area contributed by atoms with E-state index >= 15 is 0 Å². The molecule has 3 aromatic rings. The minimum Gasteiger partial charge on any atom is -0.850 e. The minimum absolute atomic E-state index is 0. The predicted molar refractivity (Wildman–Crippen MR) is 288 cm³/mol. The van der Waals surface area contributed by atoms with Crippen LogP contribution in [0.4, 0.5) is 18.0 Å². The molecule has 3 aromatic carbocycles. The van der Waals surface area contributed by atoms with Crippen molar-refractivity contribution in [2.45, 2.75) is 187 Å². The Hall–Kier alpha value is -3.28. The average Bonchev–Trinajstić information content (AvgIpc) is 3.76. The van der Waals surface area contributed by atoms with E-state index in [9.17, 15) is 37.9 Å². The third-order valence-corrected chi connectivity index (χ3v) is 13.9. The van der Waals surface area contributed by atoms with Gasteiger partial charge in [0.1, 0.15) is 23.6 Å². The quantitative estimate of drug-likeness (QED) is 0.130. The van der Waals surface area contributed by atoms with Crippen LogP contribution >= 0.6 is 11.6 Å². The fourth-order valence-electron chi connectivity index (χ4n) is 7.24. The molecule has 0 unspecified atom stereocenters. The van der Waals surface area contributed by atoms with Crippen LogP contribution in [0, 0.1) is 17.5 Å². The van der Waals surface area contributed by atoms with Crippen LogP contribution in [-0.4, -0.2) is 120 Å². The van der Waals surface area contributed by atoms with Crippen molar-refractivity contribution in [1.29, 1.82) is 0 Å². The third kappa shape index (κ3) is 21.7. The van der Waals surface area contributed by atoms with E-state index in [1.54, 1.807) is 49.9 Å². The Labute approximate surface area is 468 Å². The number of carbonyl (C=O) groups is 2. The van der Waals surface area contributed by atoms with Gasteiger partial charge in [-0.1, -0.05) is 63.7 Å². The summed E-state index contributed by atoms with van der Waals surface area (Å²) in [6.45, 7) is 33.5. The van der Waals surface area contributed by atoms with E-state index in [4.69, 9.17) is 44.3 Å². The summed E-state index contributed by atoms with van der Waals surface area (Å²) in [5.74, 6) is -1.63. The van der Waals surface area contributed by atoms with Crippen molar-refractivity contribution in [1.82, 2.24) is 10.2 Å². The number of halogens is 4. The maximum Gasteiger partial charge on any atom is 1.00 e. The molecular weight excluding hydrogens is 999 g/mol. The Balaban J connectivity index is 0.000000350. The Morgan fingerprint density at radius 1 is 0.737 bits per heavy atom. The van der Waals surface area contributed by atoms with Gasteiger partial charge in [-0.25, -0.2) is 18.0 Å². The number of rotatable bonds is 10. The van der Waals surface area contributed by atoms with E-state index in [-0.39, 0.29) is 90.1 Å². The topological polar surface area (TPSA) is 178 Å². The molecule has 2 atom stereocenters.